The van der Waals surface area contributed by atoms with Crippen molar-refractivity contribution in [3.05, 3.63) is 65.3 Å². The van der Waals surface area contributed by atoms with Crippen LogP contribution >= 0.6 is 23.1 Å². The second-order valence-electron chi connectivity index (χ2n) is 6.31. The maximum atomic E-state index is 12.0. The van der Waals surface area contributed by atoms with Crippen LogP contribution in [0.25, 0.3) is 10.2 Å². The van der Waals surface area contributed by atoms with Gasteiger partial charge in [-0.2, -0.15) is 0 Å². The van der Waals surface area contributed by atoms with Gasteiger partial charge in [-0.15, -0.1) is 11.3 Å². The summed E-state index contributed by atoms with van der Waals surface area (Å²) in [4.78, 5) is 32.1. The zero-order chi connectivity index (χ0) is 21.9. The molecule has 2 heterocycles. The molecule has 2 aromatic heterocycles. The van der Waals surface area contributed by atoms with Crippen LogP contribution in [0.5, 0.6) is 0 Å². The molecule has 0 bridgehead atoms. The minimum atomic E-state index is -0.744. The molecule has 0 atom stereocenters. The topological polar surface area (TPSA) is 102 Å². The van der Waals surface area contributed by atoms with Gasteiger partial charge in [0.2, 0.25) is 5.91 Å². The van der Waals surface area contributed by atoms with Crippen molar-refractivity contribution in [1.82, 2.24) is 20.8 Å². The molecule has 162 valence electrons. The van der Waals surface area contributed by atoms with Gasteiger partial charge >= 0.3 is 6.09 Å². The molecule has 0 saturated carbocycles. The maximum Gasteiger partial charge on any atom is 0.426 e. The van der Waals surface area contributed by atoms with E-state index in [0.29, 0.717) is 13.2 Å². The quantitative estimate of drug-likeness (QED) is 0.166. The Kier molecular flexibility index (Phi) is 8.83. The lowest BCUT2D eigenvalue weighted by molar-refractivity contribution is -0.119. The fourth-order valence-corrected chi connectivity index (χ4v) is 4.35. The average molecular weight is 459 g/mol. The molecule has 3 rings (SSSR count). The third kappa shape index (κ3) is 7.35. The van der Waals surface area contributed by atoms with E-state index in [1.165, 1.54) is 18.1 Å². The molecule has 0 fully saturated rings. The molecule has 0 saturated heterocycles. The Morgan fingerprint density at radius 3 is 2.77 bits per heavy atom. The van der Waals surface area contributed by atoms with Crippen molar-refractivity contribution < 1.29 is 19.1 Å². The monoisotopic (exact) mass is 458 g/mol. The van der Waals surface area contributed by atoms with E-state index >= 15 is 0 Å². The van der Waals surface area contributed by atoms with E-state index in [0.717, 1.165) is 26.4 Å². The fourth-order valence-electron chi connectivity index (χ4n) is 2.46. The summed E-state index contributed by atoms with van der Waals surface area (Å²) >= 11 is 2.82. The summed E-state index contributed by atoms with van der Waals surface area (Å²) < 4.78 is 11.4. The first-order valence-electron chi connectivity index (χ1n) is 9.43. The second-order valence-corrected chi connectivity index (χ2v) is 8.15. The number of thioether (sulfide) groups is 1. The highest BCUT2D eigenvalue weighted by Crippen LogP contribution is 2.30. The summed E-state index contributed by atoms with van der Waals surface area (Å²) in [6.07, 6.45) is 4.18. The molecule has 2 amide bonds. The molecule has 8 nitrogen and oxygen atoms in total. The number of benzene rings is 1. The first kappa shape index (κ1) is 22.7. The van der Waals surface area contributed by atoms with Crippen molar-refractivity contribution >= 4 is 45.3 Å². The molecular formula is C21H22N4O4S2. The molecule has 2 N–H and O–H groups in total. The minimum Gasteiger partial charge on any atom is -0.444 e. The number of hydrogen-bond acceptors (Lipinski definition) is 8. The molecule has 0 unspecified atom stereocenters. The molecule has 31 heavy (non-hydrogen) atoms. The smallest absolute Gasteiger partial charge is 0.426 e. The van der Waals surface area contributed by atoms with E-state index in [1.54, 1.807) is 23.5 Å². The van der Waals surface area contributed by atoms with Gasteiger partial charge in [-0.25, -0.2) is 20.2 Å². The number of rotatable bonds is 9. The number of thiophene rings is 1. The first-order chi connectivity index (χ1) is 15.1. The number of amides is 2. The number of hydrazine groups is 1. The SMILES string of the molecule is Cc1csc2c(SCC(=O)NNC(=O)OCC=CCOCc3ccccc3)ncnc12. The Labute approximate surface area is 188 Å². The van der Waals surface area contributed by atoms with Crippen LogP contribution in [0.4, 0.5) is 4.79 Å². The zero-order valence-corrected chi connectivity index (χ0v) is 18.5. The molecule has 1 aromatic carbocycles. The van der Waals surface area contributed by atoms with Crippen LogP contribution in [-0.2, 0) is 20.9 Å². The lowest BCUT2D eigenvalue weighted by Crippen LogP contribution is -2.42. The maximum absolute atomic E-state index is 12.0. The minimum absolute atomic E-state index is 0.0712. The van der Waals surface area contributed by atoms with Crippen molar-refractivity contribution in [2.75, 3.05) is 19.0 Å². The van der Waals surface area contributed by atoms with Gasteiger partial charge in [0.1, 0.15) is 18.0 Å². The Hall–Kier alpha value is -2.95. The molecule has 0 aliphatic carbocycles. The predicted octanol–water partition coefficient (Wildman–Crippen LogP) is 3.62. The van der Waals surface area contributed by atoms with Crippen LogP contribution < -0.4 is 10.9 Å². The van der Waals surface area contributed by atoms with Crippen molar-refractivity contribution in [2.45, 2.75) is 18.6 Å². The van der Waals surface area contributed by atoms with Crippen LogP contribution in [0.1, 0.15) is 11.1 Å². The number of nitrogens with zero attached hydrogens (tertiary/aromatic N) is 2. The summed E-state index contributed by atoms with van der Waals surface area (Å²) in [5.74, 6) is -0.269. The summed E-state index contributed by atoms with van der Waals surface area (Å²) in [6, 6.07) is 9.84. The number of carbonyl (C=O) groups excluding carboxylic acids is 2. The lowest BCUT2D eigenvalue weighted by Gasteiger charge is -2.07. The van der Waals surface area contributed by atoms with Crippen LogP contribution in [0.3, 0.4) is 0 Å². The van der Waals surface area contributed by atoms with Crippen molar-refractivity contribution in [1.29, 1.82) is 0 Å². The Bertz CT molecular complexity index is 1040. The van der Waals surface area contributed by atoms with Gasteiger partial charge in [0.15, 0.2) is 0 Å². The molecule has 0 aliphatic rings. The first-order valence-corrected chi connectivity index (χ1v) is 11.3. The normalized spacial score (nSPS) is 11.0. The lowest BCUT2D eigenvalue weighted by atomic mass is 10.2. The molecule has 3 aromatic rings. The van der Waals surface area contributed by atoms with Gasteiger partial charge in [0.25, 0.3) is 0 Å². The molecule has 0 aliphatic heterocycles. The Morgan fingerprint density at radius 2 is 1.94 bits per heavy atom. The zero-order valence-electron chi connectivity index (χ0n) is 16.9. The number of ether oxygens (including phenoxy) is 2. The fraction of sp³-hybridized carbons (Fsp3) is 0.238. The number of aromatic nitrogens is 2. The van der Waals surface area contributed by atoms with Crippen LogP contribution in [-0.4, -0.2) is 40.9 Å². The highest BCUT2D eigenvalue weighted by Gasteiger charge is 2.11. The van der Waals surface area contributed by atoms with Gasteiger partial charge in [0, 0.05) is 0 Å². The van der Waals surface area contributed by atoms with Crippen LogP contribution in [0.2, 0.25) is 0 Å². The standard InChI is InChI=1S/C21H22N4O4S2/c1-15-12-30-19-18(15)22-14-23-20(19)31-13-17(26)24-25-21(27)29-10-6-5-9-28-11-16-7-3-2-4-8-16/h2-8,12,14H,9-11,13H2,1H3,(H,24,26)(H,25,27). The van der Waals surface area contributed by atoms with Gasteiger partial charge in [0.05, 0.1) is 29.2 Å². The second kappa shape index (κ2) is 12.0. The average Bonchev–Trinajstić information content (AvgIpc) is 3.17. The van der Waals surface area contributed by atoms with E-state index < -0.39 is 6.09 Å². The van der Waals surface area contributed by atoms with Gasteiger partial charge in [-0.05, 0) is 29.5 Å². The van der Waals surface area contributed by atoms with Crippen molar-refractivity contribution in [3.63, 3.8) is 0 Å². The van der Waals surface area contributed by atoms with Crippen LogP contribution in [0.15, 0.2) is 59.2 Å². The van der Waals surface area contributed by atoms with Gasteiger partial charge in [-0.3, -0.25) is 10.2 Å². The number of nitrogens with one attached hydrogen (secondary N) is 2. The highest BCUT2D eigenvalue weighted by molar-refractivity contribution is 8.00. The number of carbonyl (C=O) groups is 2. The molecule has 0 spiro atoms. The largest absolute Gasteiger partial charge is 0.444 e. The van der Waals surface area contributed by atoms with E-state index in [2.05, 4.69) is 20.8 Å². The third-order valence-electron chi connectivity index (χ3n) is 3.95. The van der Waals surface area contributed by atoms with Crippen molar-refractivity contribution in [3.8, 4) is 0 Å². The Morgan fingerprint density at radius 1 is 1.13 bits per heavy atom. The summed E-state index contributed by atoms with van der Waals surface area (Å²) in [6.45, 7) is 2.98. The van der Waals surface area contributed by atoms with E-state index in [-0.39, 0.29) is 18.3 Å². The molecule has 0 radical (unpaired) electrons. The Balaban J connectivity index is 1.27. The third-order valence-corrected chi connectivity index (χ3v) is 6.16. The summed E-state index contributed by atoms with van der Waals surface area (Å²) in [5, 5.41) is 2.74. The summed E-state index contributed by atoms with van der Waals surface area (Å²) in [7, 11) is 0. The number of fused-ring (bicyclic) bond motifs is 1. The van der Waals surface area contributed by atoms with E-state index in [1.807, 2.05) is 42.6 Å². The van der Waals surface area contributed by atoms with E-state index in [4.69, 9.17) is 9.47 Å². The molecular weight excluding hydrogens is 436 g/mol. The van der Waals surface area contributed by atoms with Gasteiger partial charge in [-0.1, -0.05) is 48.2 Å². The van der Waals surface area contributed by atoms with Gasteiger partial charge < -0.3 is 9.47 Å². The number of aryl methyl sites for hydroxylation is 1. The number of hydrogen-bond donors (Lipinski definition) is 2. The van der Waals surface area contributed by atoms with Crippen LogP contribution in [0, 0.1) is 6.92 Å². The van der Waals surface area contributed by atoms with Crippen molar-refractivity contribution in [2.24, 2.45) is 0 Å². The van der Waals surface area contributed by atoms with E-state index in [9.17, 15) is 9.59 Å². The highest BCUT2D eigenvalue weighted by atomic mass is 32.2. The molecule has 10 heteroatoms. The summed E-state index contributed by atoms with van der Waals surface area (Å²) in [5.41, 5.74) is 7.59. The predicted molar refractivity (Wildman–Crippen MR) is 121 cm³/mol.